The van der Waals surface area contributed by atoms with Crippen molar-refractivity contribution in [3.63, 3.8) is 0 Å². The van der Waals surface area contributed by atoms with Gasteiger partial charge in [0.1, 0.15) is 0 Å². The molecule has 0 saturated carbocycles. The van der Waals surface area contributed by atoms with Crippen molar-refractivity contribution < 1.29 is 22.7 Å². The average molecular weight is 389 g/mol. The van der Waals surface area contributed by atoms with Crippen LogP contribution >= 0.6 is 0 Å². The highest BCUT2D eigenvalue weighted by Crippen LogP contribution is 2.18. The molecule has 1 N–H and O–H groups in total. The van der Waals surface area contributed by atoms with Crippen LogP contribution in [0.25, 0.3) is 0 Å². The van der Waals surface area contributed by atoms with E-state index in [1.165, 1.54) is 32.0 Å². The summed E-state index contributed by atoms with van der Waals surface area (Å²) in [5.74, 6) is -1.44. The number of carbonyl (C=O) groups excluding carboxylic acids is 2. The van der Waals surface area contributed by atoms with Gasteiger partial charge in [-0.3, -0.25) is 4.79 Å². The molecule has 1 amide bonds. The number of nitrogens with one attached hydrogen (secondary N) is 1. The highest BCUT2D eigenvalue weighted by Gasteiger charge is 2.24. The lowest BCUT2D eigenvalue weighted by molar-refractivity contribution is -0.129. The van der Waals surface area contributed by atoms with E-state index in [0.717, 1.165) is 11.1 Å². The molecule has 0 heterocycles. The summed E-state index contributed by atoms with van der Waals surface area (Å²) in [6.45, 7) is 5.22. The minimum absolute atomic E-state index is 0.0717. The first-order valence-corrected chi connectivity index (χ1v) is 10.3. The third kappa shape index (κ3) is 5.40. The van der Waals surface area contributed by atoms with Gasteiger partial charge in [-0.25, -0.2) is 13.2 Å². The first kappa shape index (κ1) is 20.6. The van der Waals surface area contributed by atoms with Gasteiger partial charge < -0.3 is 10.1 Å². The van der Waals surface area contributed by atoms with Crippen LogP contribution in [0.5, 0.6) is 0 Å². The van der Waals surface area contributed by atoms with Gasteiger partial charge in [-0.15, -0.1) is 0 Å². The Morgan fingerprint density at radius 3 is 2.33 bits per heavy atom. The molecule has 0 bridgehead atoms. The molecule has 1 atom stereocenters. The third-order valence-corrected chi connectivity index (χ3v) is 5.85. The van der Waals surface area contributed by atoms with E-state index in [1.807, 2.05) is 31.2 Å². The number of amides is 1. The summed E-state index contributed by atoms with van der Waals surface area (Å²) in [5.41, 5.74) is 1.97. The van der Waals surface area contributed by atoms with Crippen LogP contribution in [-0.4, -0.2) is 32.2 Å². The van der Waals surface area contributed by atoms with Gasteiger partial charge in [0.15, 0.2) is 15.9 Å². The van der Waals surface area contributed by atoms with Crippen LogP contribution in [0.3, 0.4) is 0 Å². The van der Waals surface area contributed by atoms with Gasteiger partial charge in [0.05, 0.1) is 16.2 Å². The normalized spacial score (nSPS) is 12.3. The van der Waals surface area contributed by atoms with E-state index in [9.17, 15) is 18.0 Å². The largest absolute Gasteiger partial charge is 0.449 e. The van der Waals surface area contributed by atoms with E-state index in [4.69, 9.17) is 4.74 Å². The Bertz CT molecular complexity index is 920. The molecule has 0 aliphatic heterocycles. The molecule has 0 aromatic heterocycles. The van der Waals surface area contributed by atoms with Gasteiger partial charge in [-0.2, -0.15) is 0 Å². The molecular formula is C20H23NO5S. The van der Waals surface area contributed by atoms with Crippen molar-refractivity contribution in [2.75, 3.05) is 5.75 Å². The number of esters is 1. The summed E-state index contributed by atoms with van der Waals surface area (Å²) in [7, 11) is -3.58. The SMILES string of the molecule is CCS(=O)(=O)c1ccccc1C(=O)O[C@@H](C)C(=O)NCc1ccc(C)cc1. The molecule has 27 heavy (non-hydrogen) atoms. The summed E-state index contributed by atoms with van der Waals surface area (Å²) >= 11 is 0. The molecule has 0 aliphatic carbocycles. The molecule has 144 valence electrons. The minimum Gasteiger partial charge on any atom is -0.449 e. The van der Waals surface area contributed by atoms with Crippen molar-refractivity contribution in [3.05, 3.63) is 65.2 Å². The van der Waals surface area contributed by atoms with E-state index in [1.54, 1.807) is 6.07 Å². The molecule has 0 saturated heterocycles. The zero-order chi connectivity index (χ0) is 20.0. The predicted octanol–water partition coefficient (Wildman–Crippen LogP) is 2.65. The van der Waals surface area contributed by atoms with Crippen molar-refractivity contribution in [2.24, 2.45) is 0 Å². The number of benzene rings is 2. The van der Waals surface area contributed by atoms with Gasteiger partial charge in [0, 0.05) is 6.54 Å². The maximum atomic E-state index is 12.4. The Balaban J connectivity index is 2.03. The van der Waals surface area contributed by atoms with Gasteiger partial charge in [-0.05, 0) is 31.5 Å². The summed E-state index contributed by atoms with van der Waals surface area (Å²) in [5, 5.41) is 2.70. The van der Waals surface area contributed by atoms with Gasteiger partial charge in [0.2, 0.25) is 0 Å². The number of sulfone groups is 1. The fraction of sp³-hybridized carbons (Fsp3) is 0.300. The van der Waals surface area contributed by atoms with Crippen molar-refractivity contribution in [1.29, 1.82) is 0 Å². The average Bonchev–Trinajstić information content (AvgIpc) is 2.67. The molecule has 0 unspecified atom stereocenters. The predicted molar refractivity (Wildman–Crippen MR) is 102 cm³/mol. The molecule has 7 heteroatoms. The third-order valence-electron chi connectivity index (χ3n) is 4.06. The highest BCUT2D eigenvalue weighted by atomic mass is 32.2. The van der Waals surface area contributed by atoms with E-state index in [2.05, 4.69) is 5.32 Å². The van der Waals surface area contributed by atoms with Crippen LogP contribution < -0.4 is 5.32 Å². The zero-order valence-corrected chi connectivity index (χ0v) is 16.4. The Labute approximate surface area is 159 Å². The quantitative estimate of drug-likeness (QED) is 0.736. The van der Waals surface area contributed by atoms with Crippen molar-refractivity contribution in [3.8, 4) is 0 Å². The molecular weight excluding hydrogens is 366 g/mol. The van der Waals surface area contributed by atoms with Crippen LogP contribution in [0.4, 0.5) is 0 Å². The molecule has 0 radical (unpaired) electrons. The zero-order valence-electron chi connectivity index (χ0n) is 15.6. The first-order valence-electron chi connectivity index (χ1n) is 8.60. The Morgan fingerprint density at radius 1 is 1.07 bits per heavy atom. The number of hydrogen-bond donors (Lipinski definition) is 1. The molecule has 0 fully saturated rings. The summed E-state index contributed by atoms with van der Waals surface area (Å²) in [4.78, 5) is 24.5. The van der Waals surface area contributed by atoms with E-state index in [0.29, 0.717) is 6.54 Å². The second-order valence-corrected chi connectivity index (χ2v) is 8.40. The lowest BCUT2D eigenvalue weighted by Gasteiger charge is -2.15. The van der Waals surface area contributed by atoms with Gasteiger partial charge in [-0.1, -0.05) is 48.9 Å². The summed E-state index contributed by atoms with van der Waals surface area (Å²) < 4.78 is 29.5. The number of ether oxygens (including phenoxy) is 1. The second-order valence-electron chi connectivity index (χ2n) is 6.15. The van der Waals surface area contributed by atoms with Crippen LogP contribution in [0, 0.1) is 6.92 Å². The van der Waals surface area contributed by atoms with Crippen LogP contribution in [0.2, 0.25) is 0 Å². The molecule has 0 aliphatic rings. The van der Waals surface area contributed by atoms with Crippen LogP contribution in [0.1, 0.15) is 35.3 Å². The summed E-state index contributed by atoms with van der Waals surface area (Å²) in [6, 6.07) is 13.5. The second kappa shape index (κ2) is 8.81. The number of rotatable bonds is 7. The van der Waals surface area contributed by atoms with Crippen molar-refractivity contribution >= 4 is 21.7 Å². The Morgan fingerprint density at radius 2 is 1.70 bits per heavy atom. The molecule has 6 nitrogen and oxygen atoms in total. The topological polar surface area (TPSA) is 89.5 Å². The maximum Gasteiger partial charge on any atom is 0.340 e. The van der Waals surface area contributed by atoms with Crippen LogP contribution in [0.15, 0.2) is 53.4 Å². The van der Waals surface area contributed by atoms with Gasteiger partial charge in [0.25, 0.3) is 5.91 Å². The molecule has 2 rings (SSSR count). The maximum absolute atomic E-state index is 12.4. The Hall–Kier alpha value is -2.67. The highest BCUT2D eigenvalue weighted by molar-refractivity contribution is 7.91. The van der Waals surface area contributed by atoms with E-state index in [-0.39, 0.29) is 16.2 Å². The molecule has 2 aromatic rings. The lowest BCUT2D eigenvalue weighted by Crippen LogP contribution is -2.35. The molecule has 2 aromatic carbocycles. The van der Waals surface area contributed by atoms with E-state index >= 15 is 0 Å². The fourth-order valence-corrected chi connectivity index (χ4v) is 3.46. The Kier molecular flexibility index (Phi) is 6.74. The monoisotopic (exact) mass is 389 g/mol. The molecule has 0 spiro atoms. The summed E-state index contributed by atoms with van der Waals surface area (Å²) in [6.07, 6.45) is -1.06. The minimum atomic E-state index is -3.58. The van der Waals surface area contributed by atoms with Crippen molar-refractivity contribution in [1.82, 2.24) is 5.32 Å². The first-order chi connectivity index (χ1) is 12.7. The van der Waals surface area contributed by atoms with Gasteiger partial charge >= 0.3 is 5.97 Å². The van der Waals surface area contributed by atoms with Crippen molar-refractivity contribution in [2.45, 2.75) is 38.3 Å². The number of aryl methyl sites for hydroxylation is 1. The number of hydrogen-bond acceptors (Lipinski definition) is 5. The lowest BCUT2D eigenvalue weighted by atomic mass is 10.1. The van der Waals surface area contributed by atoms with E-state index < -0.39 is 27.8 Å². The fourth-order valence-electron chi connectivity index (χ4n) is 2.38. The smallest absolute Gasteiger partial charge is 0.340 e. The standard InChI is InChI=1S/C20H23NO5S/c1-4-27(24,25)18-8-6-5-7-17(18)20(23)26-15(3)19(22)21-13-16-11-9-14(2)10-12-16/h5-12,15H,4,13H2,1-3H3,(H,21,22)/t15-/m0/s1. The van der Waals surface area contributed by atoms with Crippen LogP contribution in [-0.2, 0) is 25.9 Å². The number of carbonyl (C=O) groups is 2.